The number of imidazole rings is 1. The number of halogens is 1. The number of piperidine rings is 1. The van der Waals surface area contributed by atoms with E-state index in [4.69, 9.17) is 19.4 Å². The highest BCUT2D eigenvalue weighted by Gasteiger charge is 2.37. The molecule has 2 atom stereocenters. The van der Waals surface area contributed by atoms with E-state index < -0.39 is 8.07 Å². The second-order valence-corrected chi connectivity index (χ2v) is 18.5. The topological polar surface area (TPSA) is 52.4 Å². The summed E-state index contributed by atoms with van der Waals surface area (Å²) in [7, 11) is 0.526. The summed E-state index contributed by atoms with van der Waals surface area (Å²) in [5, 5.41) is 0. The monoisotopic (exact) mass is 620 g/mol. The first-order chi connectivity index (χ1) is 19.2. The van der Waals surface area contributed by atoms with Crippen molar-refractivity contribution < 1.29 is 9.47 Å². The Morgan fingerprint density at radius 3 is 2.50 bits per heavy atom. The summed E-state index contributed by atoms with van der Waals surface area (Å²) in [6, 6.07) is 20.4. The van der Waals surface area contributed by atoms with Crippen LogP contribution in [-0.4, -0.2) is 41.2 Å². The van der Waals surface area contributed by atoms with Crippen molar-refractivity contribution in [3.05, 3.63) is 87.9 Å². The highest BCUT2D eigenvalue weighted by atomic mass is 79.9. The molecule has 0 amide bonds. The van der Waals surface area contributed by atoms with Crippen molar-refractivity contribution in [3.8, 4) is 5.75 Å². The quantitative estimate of drug-likeness (QED) is 0.132. The van der Waals surface area contributed by atoms with Crippen LogP contribution in [0.25, 0.3) is 11.0 Å². The van der Waals surface area contributed by atoms with E-state index in [-0.39, 0.29) is 12.1 Å². The SMILES string of the molecule is COc1ccc(CN2[C@@H](c3nc4cccc(Br)c4n3COCC[Si](C)(C)C)CCC[C@H]2c2ncccc2C)cc1. The molecule has 8 heteroatoms. The fraction of sp³-hybridized carbons (Fsp3) is 0.438. The number of likely N-dealkylation sites (tertiary alicyclic amines) is 1. The van der Waals surface area contributed by atoms with E-state index in [2.05, 4.69) is 88.4 Å². The minimum atomic E-state index is -1.19. The molecule has 0 aliphatic carbocycles. The summed E-state index contributed by atoms with van der Waals surface area (Å²) < 4.78 is 15.1. The van der Waals surface area contributed by atoms with E-state index >= 15 is 0 Å². The van der Waals surface area contributed by atoms with Gasteiger partial charge in [-0.15, -0.1) is 0 Å². The normalized spacial score (nSPS) is 18.4. The van der Waals surface area contributed by atoms with Crippen molar-refractivity contribution in [1.29, 1.82) is 0 Å². The number of benzene rings is 2. The molecule has 1 fully saturated rings. The summed E-state index contributed by atoms with van der Waals surface area (Å²) in [6.45, 7) is 11.4. The van der Waals surface area contributed by atoms with Crippen LogP contribution in [-0.2, 0) is 18.0 Å². The van der Waals surface area contributed by atoms with Gasteiger partial charge in [0, 0.05) is 31.9 Å². The summed E-state index contributed by atoms with van der Waals surface area (Å²) in [6.07, 6.45) is 5.15. The zero-order chi connectivity index (χ0) is 28.3. The van der Waals surface area contributed by atoms with Crippen LogP contribution in [0, 0.1) is 6.92 Å². The molecule has 6 nitrogen and oxygen atoms in total. The number of pyridine rings is 1. The molecule has 0 unspecified atom stereocenters. The highest BCUT2D eigenvalue weighted by molar-refractivity contribution is 9.10. The van der Waals surface area contributed by atoms with Gasteiger partial charge in [0.15, 0.2) is 0 Å². The Bertz CT molecular complexity index is 1430. The van der Waals surface area contributed by atoms with Crippen LogP contribution >= 0.6 is 15.9 Å². The van der Waals surface area contributed by atoms with E-state index in [1.54, 1.807) is 7.11 Å². The van der Waals surface area contributed by atoms with Gasteiger partial charge in [-0.3, -0.25) is 9.88 Å². The van der Waals surface area contributed by atoms with Gasteiger partial charge in [0.2, 0.25) is 0 Å². The van der Waals surface area contributed by atoms with Crippen LogP contribution in [0.15, 0.2) is 65.3 Å². The number of aromatic nitrogens is 3. The number of ether oxygens (including phenoxy) is 2. The van der Waals surface area contributed by atoms with Gasteiger partial charge in [-0.1, -0.05) is 43.9 Å². The van der Waals surface area contributed by atoms with Crippen LogP contribution in [0.3, 0.4) is 0 Å². The first kappa shape index (κ1) is 29.0. The van der Waals surface area contributed by atoms with Gasteiger partial charge in [0.05, 0.1) is 35.9 Å². The fourth-order valence-electron chi connectivity index (χ4n) is 5.71. The van der Waals surface area contributed by atoms with Crippen LogP contribution in [0.4, 0.5) is 0 Å². The Kier molecular flexibility index (Phi) is 9.10. The molecule has 3 heterocycles. The van der Waals surface area contributed by atoms with Gasteiger partial charge < -0.3 is 14.0 Å². The molecule has 0 bridgehead atoms. The third kappa shape index (κ3) is 6.51. The average Bonchev–Trinajstić information content (AvgIpc) is 3.31. The second kappa shape index (κ2) is 12.6. The van der Waals surface area contributed by atoms with Crippen LogP contribution in [0.2, 0.25) is 25.7 Å². The van der Waals surface area contributed by atoms with Gasteiger partial charge in [-0.05, 0) is 89.6 Å². The molecule has 2 aromatic heterocycles. The molecule has 1 aliphatic rings. The lowest BCUT2D eigenvalue weighted by Gasteiger charge is -2.42. The number of para-hydroxylation sites is 1. The maximum atomic E-state index is 6.35. The number of fused-ring (bicyclic) bond motifs is 1. The zero-order valence-corrected chi connectivity index (χ0v) is 26.9. The van der Waals surface area contributed by atoms with E-state index in [1.165, 1.54) is 11.1 Å². The Hall–Kier alpha value is -2.52. The molecule has 5 rings (SSSR count). The Labute approximate surface area is 247 Å². The highest BCUT2D eigenvalue weighted by Crippen LogP contribution is 2.44. The van der Waals surface area contributed by atoms with Gasteiger partial charge in [0.25, 0.3) is 0 Å². The number of rotatable bonds is 10. The number of hydrogen-bond donors (Lipinski definition) is 0. The Balaban J connectivity index is 1.56. The average molecular weight is 622 g/mol. The van der Waals surface area contributed by atoms with Crippen molar-refractivity contribution >= 4 is 35.0 Å². The van der Waals surface area contributed by atoms with Crippen LogP contribution in [0.5, 0.6) is 5.75 Å². The molecule has 0 spiro atoms. The molecule has 2 aromatic carbocycles. The molecular formula is C32H41BrN4O2Si. The molecule has 1 aliphatic heterocycles. The lowest BCUT2D eigenvalue weighted by Crippen LogP contribution is -2.38. The Morgan fingerprint density at radius 1 is 1.00 bits per heavy atom. The first-order valence-corrected chi connectivity index (χ1v) is 18.8. The van der Waals surface area contributed by atoms with E-state index in [1.807, 2.05) is 24.4 Å². The smallest absolute Gasteiger partial charge is 0.129 e. The number of hydrogen-bond acceptors (Lipinski definition) is 5. The summed E-state index contributed by atoms with van der Waals surface area (Å²) >= 11 is 3.82. The van der Waals surface area contributed by atoms with Crippen molar-refractivity contribution in [1.82, 2.24) is 19.4 Å². The lowest BCUT2D eigenvalue weighted by molar-refractivity contribution is 0.0498. The molecule has 4 aromatic rings. The minimum Gasteiger partial charge on any atom is -0.497 e. The first-order valence-electron chi connectivity index (χ1n) is 14.3. The predicted octanol–water partition coefficient (Wildman–Crippen LogP) is 8.29. The van der Waals surface area contributed by atoms with Crippen molar-refractivity contribution in [2.45, 2.75) is 77.2 Å². The van der Waals surface area contributed by atoms with Crippen LogP contribution in [0.1, 0.15) is 54.0 Å². The number of nitrogens with zero attached hydrogens (tertiary/aromatic N) is 4. The van der Waals surface area contributed by atoms with Gasteiger partial charge >= 0.3 is 0 Å². The molecule has 212 valence electrons. The summed E-state index contributed by atoms with van der Waals surface area (Å²) in [4.78, 5) is 12.8. The van der Waals surface area contributed by atoms with Crippen molar-refractivity contribution in [2.75, 3.05) is 13.7 Å². The zero-order valence-electron chi connectivity index (χ0n) is 24.4. The number of aryl methyl sites for hydroxylation is 1. The van der Waals surface area contributed by atoms with E-state index in [0.29, 0.717) is 6.73 Å². The molecule has 40 heavy (non-hydrogen) atoms. The summed E-state index contributed by atoms with van der Waals surface area (Å²) in [5.41, 5.74) is 5.75. The molecular weight excluding hydrogens is 580 g/mol. The third-order valence-electron chi connectivity index (χ3n) is 7.91. The van der Waals surface area contributed by atoms with Crippen LogP contribution < -0.4 is 4.74 Å². The largest absolute Gasteiger partial charge is 0.497 e. The van der Waals surface area contributed by atoms with Crippen molar-refractivity contribution in [2.24, 2.45) is 0 Å². The maximum absolute atomic E-state index is 6.35. The molecule has 0 radical (unpaired) electrons. The molecule has 1 saturated heterocycles. The molecule has 0 N–H and O–H groups in total. The van der Waals surface area contributed by atoms with Gasteiger partial charge in [-0.25, -0.2) is 4.98 Å². The molecule has 0 saturated carbocycles. The maximum Gasteiger partial charge on any atom is 0.129 e. The third-order valence-corrected chi connectivity index (χ3v) is 10.3. The fourth-order valence-corrected chi connectivity index (χ4v) is 7.04. The van der Waals surface area contributed by atoms with E-state index in [0.717, 1.165) is 71.2 Å². The predicted molar refractivity (Wildman–Crippen MR) is 168 cm³/mol. The minimum absolute atomic E-state index is 0.127. The second-order valence-electron chi connectivity index (χ2n) is 12.0. The van der Waals surface area contributed by atoms with E-state index in [9.17, 15) is 0 Å². The summed E-state index contributed by atoms with van der Waals surface area (Å²) in [5.74, 6) is 1.94. The van der Waals surface area contributed by atoms with Gasteiger partial charge in [-0.2, -0.15) is 0 Å². The number of methoxy groups -OCH3 is 1. The van der Waals surface area contributed by atoms with Gasteiger partial charge in [0.1, 0.15) is 18.3 Å². The standard InChI is InChI=1S/C32H41BrN4O2Si/c1-23-9-8-18-34-30(23)28-12-7-13-29(36(28)21-24-14-16-25(38-2)17-15-24)32-35-27-11-6-10-26(33)31(27)37(32)22-39-19-20-40(3,4)5/h6,8-11,14-18,28-29H,7,12-13,19-22H2,1-5H3/t28-,29+/m0/s1. The van der Waals surface area contributed by atoms with Crippen molar-refractivity contribution in [3.63, 3.8) is 0 Å². The lowest BCUT2D eigenvalue weighted by atomic mass is 9.90. The Morgan fingerprint density at radius 2 is 1.77 bits per heavy atom.